The Hall–Kier alpha value is -2.68. The predicted octanol–water partition coefficient (Wildman–Crippen LogP) is 4.45. The molecule has 1 unspecified atom stereocenters. The average molecular weight is 291 g/mol. The zero-order valence-electron chi connectivity index (χ0n) is 11.8. The van der Waals surface area contributed by atoms with Gasteiger partial charge in [-0.05, 0) is 28.6 Å². The Morgan fingerprint density at radius 2 is 1.73 bits per heavy atom. The Morgan fingerprint density at radius 1 is 0.955 bits per heavy atom. The largest absolute Gasteiger partial charge is 0.325 e. The smallest absolute Gasteiger partial charge is 0.225 e. The van der Waals surface area contributed by atoms with Crippen LogP contribution in [0.2, 0.25) is 0 Å². The number of rotatable bonds is 1. The predicted molar refractivity (Wildman–Crippen MR) is 85.4 cm³/mol. The number of benzene rings is 3. The van der Waals surface area contributed by atoms with E-state index in [1.54, 1.807) is 12.1 Å². The number of fused-ring (bicyclic) bond motifs is 3. The molecule has 3 aromatic rings. The Bertz CT molecular complexity index is 870. The summed E-state index contributed by atoms with van der Waals surface area (Å²) in [5.41, 5.74) is 2.93. The first-order chi connectivity index (χ1) is 10.7. The summed E-state index contributed by atoms with van der Waals surface area (Å²) < 4.78 is 13.2. The molecule has 1 amide bonds. The molecule has 1 aliphatic heterocycles. The van der Waals surface area contributed by atoms with Crippen LogP contribution < -0.4 is 5.32 Å². The molecule has 1 N–H and O–H groups in total. The lowest BCUT2D eigenvalue weighted by Crippen LogP contribution is -2.23. The van der Waals surface area contributed by atoms with Crippen molar-refractivity contribution in [2.45, 2.75) is 12.3 Å². The van der Waals surface area contributed by atoms with Crippen LogP contribution in [0.1, 0.15) is 23.5 Å². The third-order valence-electron chi connectivity index (χ3n) is 4.26. The summed E-state index contributed by atoms with van der Waals surface area (Å²) in [5, 5.41) is 5.14. The molecule has 0 aliphatic carbocycles. The molecule has 0 saturated heterocycles. The number of carbonyl (C=O) groups is 1. The SMILES string of the molecule is O=C1CC(c2ccc(F)cc2)c2ccc3ccccc3c2N1. The lowest BCUT2D eigenvalue weighted by atomic mass is 9.83. The van der Waals surface area contributed by atoms with Gasteiger partial charge in [-0.25, -0.2) is 4.39 Å². The van der Waals surface area contributed by atoms with E-state index in [2.05, 4.69) is 17.4 Å². The molecule has 0 aromatic heterocycles. The van der Waals surface area contributed by atoms with Crippen molar-refractivity contribution < 1.29 is 9.18 Å². The van der Waals surface area contributed by atoms with Crippen LogP contribution in [-0.4, -0.2) is 5.91 Å². The molecule has 0 fully saturated rings. The van der Waals surface area contributed by atoms with Crippen LogP contribution in [0.4, 0.5) is 10.1 Å². The molecule has 1 aliphatic rings. The van der Waals surface area contributed by atoms with E-state index < -0.39 is 0 Å². The van der Waals surface area contributed by atoms with Crippen molar-refractivity contribution in [3.63, 3.8) is 0 Å². The van der Waals surface area contributed by atoms with E-state index >= 15 is 0 Å². The second-order valence-electron chi connectivity index (χ2n) is 5.61. The van der Waals surface area contributed by atoms with Gasteiger partial charge in [0.05, 0.1) is 5.69 Å². The van der Waals surface area contributed by atoms with Gasteiger partial charge in [-0.2, -0.15) is 0 Å². The standard InChI is InChI=1S/C19H14FNO/c20-14-8-5-13(6-9-14)17-11-18(22)21-19-15-4-2-1-3-12(15)7-10-16(17)19/h1-10,17H,11H2,(H,21,22). The molecule has 3 heteroatoms. The minimum absolute atomic E-state index is 0.00169. The van der Waals surface area contributed by atoms with Gasteiger partial charge in [-0.1, -0.05) is 48.5 Å². The van der Waals surface area contributed by atoms with E-state index in [1.807, 2.05) is 24.3 Å². The molecule has 22 heavy (non-hydrogen) atoms. The number of anilines is 1. The van der Waals surface area contributed by atoms with E-state index in [0.29, 0.717) is 6.42 Å². The van der Waals surface area contributed by atoms with Crippen molar-refractivity contribution >= 4 is 22.4 Å². The van der Waals surface area contributed by atoms with Gasteiger partial charge < -0.3 is 5.32 Å². The molecule has 4 rings (SSSR count). The fourth-order valence-corrected chi connectivity index (χ4v) is 3.20. The van der Waals surface area contributed by atoms with E-state index in [4.69, 9.17) is 0 Å². The van der Waals surface area contributed by atoms with Crippen molar-refractivity contribution in [1.82, 2.24) is 0 Å². The second kappa shape index (κ2) is 4.95. The van der Waals surface area contributed by atoms with Crippen LogP contribution in [0.3, 0.4) is 0 Å². The average Bonchev–Trinajstić information content (AvgIpc) is 2.55. The Morgan fingerprint density at radius 3 is 2.55 bits per heavy atom. The van der Waals surface area contributed by atoms with Crippen molar-refractivity contribution in [2.24, 2.45) is 0 Å². The van der Waals surface area contributed by atoms with Gasteiger partial charge >= 0.3 is 0 Å². The van der Waals surface area contributed by atoms with Gasteiger partial charge in [0.25, 0.3) is 0 Å². The highest BCUT2D eigenvalue weighted by atomic mass is 19.1. The summed E-state index contributed by atoms with van der Waals surface area (Å²) >= 11 is 0. The quantitative estimate of drug-likeness (QED) is 0.705. The molecule has 0 saturated carbocycles. The minimum Gasteiger partial charge on any atom is -0.325 e. The highest BCUT2D eigenvalue weighted by molar-refractivity contribution is 6.06. The van der Waals surface area contributed by atoms with Crippen LogP contribution in [0, 0.1) is 5.82 Å². The molecule has 3 aromatic carbocycles. The topological polar surface area (TPSA) is 29.1 Å². The molecule has 108 valence electrons. The van der Waals surface area contributed by atoms with Crippen molar-refractivity contribution in [2.75, 3.05) is 5.32 Å². The Labute approximate surface area is 127 Å². The maximum absolute atomic E-state index is 13.2. The third kappa shape index (κ3) is 2.06. The minimum atomic E-state index is -0.261. The number of halogens is 1. The van der Waals surface area contributed by atoms with Gasteiger partial charge in [0, 0.05) is 17.7 Å². The summed E-state index contributed by atoms with van der Waals surface area (Å²) in [7, 11) is 0. The monoisotopic (exact) mass is 291 g/mol. The molecule has 1 atom stereocenters. The van der Waals surface area contributed by atoms with Crippen LogP contribution in [0.5, 0.6) is 0 Å². The summed E-state index contributed by atoms with van der Waals surface area (Å²) in [6.07, 6.45) is 0.386. The fraction of sp³-hybridized carbons (Fsp3) is 0.105. The number of carbonyl (C=O) groups excluding carboxylic acids is 1. The second-order valence-corrected chi connectivity index (χ2v) is 5.61. The zero-order valence-corrected chi connectivity index (χ0v) is 11.8. The number of hydrogen-bond acceptors (Lipinski definition) is 1. The summed E-state index contributed by atoms with van der Waals surface area (Å²) in [6.45, 7) is 0. The molecule has 2 nitrogen and oxygen atoms in total. The first-order valence-electron chi connectivity index (χ1n) is 7.29. The summed E-state index contributed by atoms with van der Waals surface area (Å²) in [6, 6.07) is 18.5. The number of amides is 1. The molecule has 1 heterocycles. The van der Waals surface area contributed by atoms with Crippen LogP contribution >= 0.6 is 0 Å². The van der Waals surface area contributed by atoms with Gasteiger partial charge in [0.15, 0.2) is 0 Å². The van der Waals surface area contributed by atoms with Crippen LogP contribution in [0.15, 0.2) is 60.7 Å². The first kappa shape index (κ1) is 13.0. The first-order valence-corrected chi connectivity index (χ1v) is 7.29. The number of hydrogen-bond donors (Lipinski definition) is 1. The van der Waals surface area contributed by atoms with Crippen LogP contribution in [0.25, 0.3) is 10.8 Å². The zero-order chi connectivity index (χ0) is 15.1. The van der Waals surface area contributed by atoms with Crippen LogP contribution in [-0.2, 0) is 4.79 Å². The molecule has 0 radical (unpaired) electrons. The maximum atomic E-state index is 13.2. The van der Waals surface area contributed by atoms with E-state index in [9.17, 15) is 9.18 Å². The van der Waals surface area contributed by atoms with Gasteiger partial charge in [0.1, 0.15) is 5.82 Å². The van der Waals surface area contributed by atoms with E-state index in [1.165, 1.54) is 12.1 Å². The van der Waals surface area contributed by atoms with Gasteiger partial charge in [-0.15, -0.1) is 0 Å². The Balaban J connectivity index is 1.92. The highest BCUT2D eigenvalue weighted by Gasteiger charge is 2.27. The summed E-state index contributed by atoms with van der Waals surface area (Å²) in [4.78, 5) is 12.1. The molecule has 0 spiro atoms. The molecular formula is C19H14FNO. The lowest BCUT2D eigenvalue weighted by molar-refractivity contribution is -0.116. The molecular weight excluding hydrogens is 277 g/mol. The maximum Gasteiger partial charge on any atom is 0.225 e. The fourth-order valence-electron chi connectivity index (χ4n) is 3.20. The van der Waals surface area contributed by atoms with Crippen molar-refractivity contribution in [1.29, 1.82) is 0 Å². The van der Waals surface area contributed by atoms with Crippen molar-refractivity contribution in [3.8, 4) is 0 Å². The Kier molecular flexibility index (Phi) is 2.93. The summed E-state index contributed by atoms with van der Waals surface area (Å²) in [5.74, 6) is -0.296. The van der Waals surface area contributed by atoms with E-state index in [-0.39, 0.29) is 17.6 Å². The van der Waals surface area contributed by atoms with Gasteiger partial charge in [-0.3, -0.25) is 4.79 Å². The molecule has 0 bridgehead atoms. The number of nitrogens with one attached hydrogen (secondary N) is 1. The van der Waals surface area contributed by atoms with Crippen molar-refractivity contribution in [3.05, 3.63) is 77.6 Å². The lowest BCUT2D eigenvalue weighted by Gasteiger charge is -2.27. The van der Waals surface area contributed by atoms with Gasteiger partial charge in [0.2, 0.25) is 5.91 Å². The normalized spacial score (nSPS) is 17.1. The van der Waals surface area contributed by atoms with E-state index in [0.717, 1.165) is 27.6 Å². The highest BCUT2D eigenvalue weighted by Crippen LogP contribution is 2.40. The third-order valence-corrected chi connectivity index (χ3v) is 4.26.